The van der Waals surface area contributed by atoms with Crippen molar-refractivity contribution in [3.63, 3.8) is 0 Å². The largest absolute Gasteiger partial charge is 0.393 e. The summed E-state index contributed by atoms with van der Waals surface area (Å²) in [5.41, 5.74) is 3.15. The molecule has 126 valence electrons. The summed E-state index contributed by atoms with van der Waals surface area (Å²) in [5, 5.41) is 26.9. The first-order valence-corrected chi connectivity index (χ1v) is 8.53. The summed E-state index contributed by atoms with van der Waals surface area (Å²) in [4.78, 5) is 4.41. The number of imidazole rings is 1. The van der Waals surface area contributed by atoms with Crippen LogP contribution in [-0.2, 0) is 0 Å². The van der Waals surface area contributed by atoms with Crippen molar-refractivity contribution < 1.29 is 5.11 Å². The number of nitrogens with zero attached hydrogens (tertiary/aromatic N) is 4. The molecule has 0 atom stereocenters. The molecule has 4 rings (SSSR count). The summed E-state index contributed by atoms with van der Waals surface area (Å²) >= 11 is 0. The van der Waals surface area contributed by atoms with Gasteiger partial charge in [0.1, 0.15) is 5.82 Å². The van der Waals surface area contributed by atoms with Gasteiger partial charge in [0.05, 0.1) is 29.6 Å². The number of nitrogens with one attached hydrogen (secondary N) is 1. The van der Waals surface area contributed by atoms with Crippen molar-refractivity contribution in [2.24, 2.45) is 0 Å². The Morgan fingerprint density at radius 1 is 1.16 bits per heavy atom. The van der Waals surface area contributed by atoms with Gasteiger partial charge in [-0.3, -0.25) is 0 Å². The monoisotopic (exact) mass is 333 g/mol. The zero-order valence-electron chi connectivity index (χ0n) is 13.8. The van der Waals surface area contributed by atoms with Gasteiger partial charge >= 0.3 is 0 Å². The summed E-state index contributed by atoms with van der Waals surface area (Å²) < 4.78 is 1.80. The van der Waals surface area contributed by atoms with Crippen molar-refractivity contribution in [3.05, 3.63) is 48.2 Å². The molecule has 2 N–H and O–H groups in total. The lowest BCUT2D eigenvalue weighted by Crippen LogP contribution is -2.28. The predicted molar refractivity (Wildman–Crippen MR) is 95.0 cm³/mol. The SMILES string of the molecule is N#Cc1cccc(-c2cnc3ccc(N[C@H]4CC[C@H](O)CC4)nn23)c1. The molecule has 0 aliphatic heterocycles. The molecule has 1 aliphatic rings. The Morgan fingerprint density at radius 2 is 2.00 bits per heavy atom. The normalized spacial score (nSPS) is 20.3. The van der Waals surface area contributed by atoms with E-state index in [1.807, 2.05) is 30.3 Å². The molecule has 2 heterocycles. The standard InChI is InChI=1S/C19H19N5O/c20-11-13-2-1-3-14(10-13)17-12-21-19-9-8-18(23-24(17)19)22-15-4-6-16(25)7-5-15/h1-3,8-10,12,15-16,25H,4-7H2,(H,22,23)/t15-,16-. The number of hydrogen-bond acceptors (Lipinski definition) is 5. The Hall–Kier alpha value is -2.91. The van der Waals surface area contributed by atoms with Gasteiger partial charge in [-0.1, -0.05) is 12.1 Å². The van der Waals surface area contributed by atoms with Crippen molar-refractivity contribution in [1.82, 2.24) is 14.6 Å². The summed E-state index contributed by atoms with van der Waals surface area (Å²) in [5.74, 6) is 0.796. The summed E-state index contributed by atoms with van der Waals surface area (Å²) in [6.45, 7) is 0. The second-order valence-electron chi connectivity index (χ2n) is 6.47. The molecule has 6 heteroatoms. The van der Waals surface area contributed by atoms with Gasteiger partial charge in [-0.2, -0.15) is 5.26 Å². The third-order valence-corrected chi connectivity index (χ3v) is 4.70. The third-order valence-electron chi connectivity index (χ3n) is 4.70. The van der Waals surface area contributed by atoms with Gasteiger partial charge in [-0.15, -0.1) is 5.10 Å². The van der Waals surface area contributed by atoms with E-state index in [4.69, 9.17) is 5.26 Å². The Bertz CT molecular complexity index is 934. The van der Waals surface area contributed by atoms with Crippen LogP contribution in [0, 0.1) is 11.3 Å². The maximum absolute atomic E-state index is 9.63. The number of aliphatic hydroxyl groups is 1. The molecule has 25 heavy (non-hydrogen) atoms. The van der Waals surface area contributed by atoms with Crippen LogP contribution in [0.2, 0.25) is 0 Å². The van der Waals surface area contributed by atoms with E-state index in [2.05, 4.69) is 21.5 Å². The molecule has 0 bridgehead atoms. The van der Waals surface area contributed by atoms with Crippen molar-refractivity contribution in [2.75, 3.05) is 5.32 Å². The fraction of sp³-hybridized carbons (Fsp3) is 0.316. The van der Waals surface area contributed by atoms with Crippen molar-refractivity contribution in [1.29, 1.82) is 5.26 Å². The van der Waals surface area contributed by atoms with Gasteiger partial charge in [0.25, 0.3) is 0 Å². The molecule has 3 aromatic rings. The van der Waals surface area contributed by atoms with Crippen LogP contribution in [0.25, 0.3) is 16.9 Å². The molecule has 0 amide bonds. The minimum absolute atomic E-state index is 0.166. The van der Waals surface area contributed by atoms with Gasteiger partial charge in [-0.05, 0) is 49.9 Å². The van der Waals surface area contributed by atoms with Gasteiger partial charge in [0.2, 0.25) is 0 Å². The Morgan fingerprint density at radius 3 is 2.80 bits per heavy atom. The van der Waals surface area contributed by atoms with Crippen LogP contribution in [-0.4, -0.2) is 31.9 Å². The molecule has 2 aromatic heterocycles. The van der Waals surface area contributed by atoms with E-state index < -0.39 is 0 Å². The van der Waals surface area contributed by atoms with Crippen LogP contribution in [0.5, 0.6) is 0 Å². The highest BCUT2D eigenvalue weighted by atomic mass is 16.3. The molecule has 1 aromatic carbocycles. The highest BCUT2D eigenvalue weighted by Gasteiger charge is 2.19. The fourth-order valence-electron chi connectivity index (χ4n) is 3.32. The van der Waals surface area contributed by atoms with E-state index in [1.54, 1.807) is 16.8 Å². The molecule has 1 fully saturated rings. The second-order valence-corrected chi connectivity index (χ2v) is 6.47. The number of hydrogen-bond donors (Lipinski definition) is 2. The molecule has 1 aliphatic carbocycles. The van der Waals surface area contributed by atoms with E-state index in [1.165, 1.54) is 0 Å². The van der Waals surface area contributed by atoms with Crippen molar-refractivity contribution in [3.8, 4) is 17.3 Å². The smallest absolute Gasteiger partial charge is 0.154 e. The molecular weight excluding hydrogens is 314 g/mol. The molecule has 1 saturated carbocycles. The first-order chi connectivity index (χ1) is 12.2. The van der Waals surface area contributed by atoms with E-state index in [0.717, 1.165) is 48.4 Å². The Kier molecular flexibility index (Phi) is 4.08. The fourth-order valence-corrected chi connectivity index (χ4v) is 3.32. The zero-order valence-corrected chi connectivity index (χ0v) is 13.8. The van der Waals surface area contributed by atoms with Crippen LogP contribution in [0.1, 0.15) is 31.2 Å². The van der Waals surface area contributed by atoms with Gasteiger partial charge < -0.3 is 10.4 Å². The van der Waals surface area contributed by atoms with E-state index in [-0.39, 0.29) is 6.10 Å². The number of fused-ring (bicyclic) bond motifs is 1. The molecule has 0 saturated heterocycles. The highest BCUT2D eigenvalue weighted by Crippen LogP contribution is 2.24. The van der Waals surface area contributed by atoms with Crippen LogP contribution in [0.3, 0.4) is 0 Å². The zero-order chi connectivity index (χ0) is 17.2. The quantitative estimate of drug-likeness (QED) is 0.769. The summed E-state index contributed by atoms with van der Waals surface area (Å²) in [6, 6.07) is 13.8. The number of aromatic nitrogens is 3. The first kappa shape index (κ1) is 15.6. The maximum Gasteiger partial charge on any atom is 0.154 e. The molecule has 0 spiro atoms. The van der Waals surface area contributed by atoms with Crippen LogP contribution < -0.4 is 5.32 Å². The number of aliphatic hydroxyl groups excluding tert-OH is 1. The predicted octanol–water partition coefficient (Wildman–Crippen LogP) is 2.98. The lowest BCUT2D eigenvalue weighted by atomic mass is 9.93. The van der Waals surface area contributed by atoms with Crippen LogP contribution in [0.4, 0.5) is 5.82 Å². The third kappa shape index (κ3) is 3.19. The first-order valence-electron chi connectivity index (χ1n) is 8.53. The average Bonchev–Trinajstić information content (AvgIpc) is 3.07. The van der Waals surface area contributed by atoms with Gasteiger partial charge in [-0.25, -0.2) is 9.50 Å². The molecule has 0 unspecified atom stereocenters. The van der Waals surface area contributed by atoms with E-state index in [9.17, 15) is 5.11 Å². The number of anilines is 1. The number of nitriles is 1. The van der Waals surface area contributed by atoms with Crippen molar-refractivity contribution >= 4 is 11.5 Å². The van der Waals surface area contributed by atoms with Gasteiger partial charge in [0.15, 0.2) is 5.65 Å². The average molecular weight is 333 g/mol. The lowest BCUT2D eigenvalue weighted by Gasteiger charge is -2.26. The summed E-state index contributed by atoms with van der Waals surface area (Å²) in [7, 11) is 0. The minimum Gasteiger partial charge on any atom is -0.393 e. The highest BCUT2D eigenvalue weighted by molar-refractivity contribution is 5.65. The molecule has 6 nitrogen and oxygen atoms in total. The Balaban J connectivity index is 1.64. The van der Waals surface area contributed by atoms with Gasteiger partial charge in [0, 0.05) is 11.6 Å². The second kappa shape index (κ2) is 6.54. The lowest BCUT2D eigenvalue weighted by molar-refractivity contribution is 0.126. The Labute approximate surface area is 145 Å². The molecule has 0 radical (unpaired) electrons. The van der Waals surface area contributed by atoms with E-state index >= 15 is 0 Å². The molecular formula is C19H19N5O. The minimum atomic E-state index is -0.166. The van der Waals surface area contributed by atoms with Crippen LogP contribution in [0.15, 0.2) is 42.6 Å². The van der Waals surface area contributed by atoms with Crippen LogP contribution >= 0.6 is 0 Å². The topological polar surface area (TPSA) is 86.2 Å². The van der Waals surface area contributed by atoms with E-state index in [0.29, 0.717) is 11.6 Å². The number of benzene rings is 1. The number of rotatable bonds is 3. The summed E-state index contributed by atoms with van der Waals surface area (Å²) in [6.07, 6.45) is 5.17. The maximum atomic E-state index is 9.63. The van der Waals surface area contributed by atoms with Crippen molar-refractivity contribution in [2.45, 2.75) is 37.8 Å².